The third-order valence-electron chi connectivity index (χ3n) is 5.76. The first-order chi connectivity index (χ1) is 13.7. The van der Waals surface area contributed by atoms with E-state index in [9.17, 15) is 4.79 Å². The Kier molecular flexibility index (Phi) is 5.73. The van der Waals surface area contributed by atoms with Crippen molar-refractivity contribution in [2.24, 2.45) is 5.92 Å². The number of likely N-dealkylation sites (tertiary alicyclic amines) is 1. The van der Waals surface area contributed by atoms with E-state index in [0.29, 0.717) is 5.92 Å². The highest BCUT2D eigenvalue weighted by molar-refractivity contribution is 5.98. The number of hydrogen-bond donors (Lipinski definition) is 0. The molecular formula is C25H28N2O. The summed E-state index contributed by atoms with van der Waals surface area (Å²) >= 11 is 0. The molecule has 0 atom stereocenters. The molecule has 0 aromatic heterocycles. The normalized spacial score (nSPS) is 15.3. The van der Waals surface area contributed by atoms with Crippen LogP contribution in [0.4, 0.5) is 0 Å². The second kappa shape index (κ2) is 8.57. The lowest BCUT2D eigenvalue weighted by Crippen LogP contribution is -2.41. The summed E-state index contributed by atoms with van der Waals surface area (Å²) in [6, 6.07) is 24.9. The summed E-state index contributed by atoms with van der Waals surface area (Å²) in [5.41, 5.74) is 2.16. The van der Waals surface area contributed by atoms with Gasteiger partial charge in [-0.05, 0) is 54.3 Å². The first-order valence-corrected chi connectivity index (χ1v) is 10.2. The molecule has 144 valence electrons. The van der Waals surface area contributed by atoms with Gasteiger partial charge in [-0.2, -0.15) is 0 Å². The number of carbonyl (C=O) groups excluding carboxylic acids is 1. The Balaban J connectivity index is 1.31. The molecule has 0 saturated carbocycles. The molecule has 1 aliphatic heterocycles. The third-order valence-corrected chi connectivity index (χ3v) is 5.76. The lowest BCUT2D eigenvalue weighted by Gasteiger charge is -2.34. The zero-order valence-corrected chi connectivity index (χ0v) is 16.6. The summed E-state index contributed by atoms with van der Waals surface area (Å²) in [6.07, 6.45) is 2.16. The summed E-state index contributed by atoms with van der Waals surface area (Å²) in [6.45, 7) is 3.79. The second-order valence-corrected chi connectivity index (χ2v) is 7.98. The van der Waals surface area contributed by atoms with Gasteiger partial charge in [0.15, 0.2) is 0 Å². The topological polar surface area (TPSA) is 23.6 Å². The lowest BCUT2D eigenvalue weighted by atomic mass is 9.95. The average Bonchev–Trinajstić information content (AvgIpc) is 2.74. The number of hydrogen-bond acceptors (Lipinski definition) is 2. The van der Waals surface area contributed by atoms with Crippen LogP contribution in [0, 0.1) is 5.92 Å². The van der Waals surface area contributed by atoms with Crippen molar-refractivity contribution in [2.45, 2.75) is 19.4 Å². The Morgan fingerprint density at radius 3 is 2.36 bits per heavy atom. The van der Waals surface area contributed by atoms with Crippen molar-refractivity contribution in [3.63, 3.8) is 0 Å². The maximum Gasteiger partial charge on any atom is 0.253 e. The van der Waals surface area contributed by atoms with Gasteiger partial charge in [0, 0.05) is 31.7 Å². The smallest absolute Gasteiger partial charge is 0.253 e. The highest BCUT2D eigenvalue weighted by Crippen LogP contribution is 2.22. The Bertz CT molecular complexity index is 929. The number of amides is 1. The number of rotatable bonds is 5. The van der Waals surface area contributed by atoms with Crippen molar-refractivity contribution in [3.05, 3.63) is 83.9 Å². The van der Waals surface area contributed by atoms with Crippen molar-refractivity contribution in [2.75, 3.05) is 26.7 Å². The molecule has 1 fully saturated rings. The fourth-order valence-electron chi connectivity index (χ4n) is 4.22. The van der Waals surface area contributed by atoms with Gasteiger partial charge < -0.3 is 9.80 Å². The van der Waals surface area contributed by atoms with E-state index in [-0.39, 0.29) is 5.91 Å². The molecular weight excluding hydrogens is 344 g/mol. The number of benzene rings is 3. The molecule has 0 bridgehead atoms. The molecule has 3 aromatic rings. The Morgan fingerprint density at radius 1 is 0.929 bits per heavy atom. The maximum absolute atomic E-state index is 12.9. The summed E-state index contributed by atoms with van der Waals surface area (Å²) in [5.74, 6) is 0.830. The van der Waals surface area contributed by atoms with Gasteiger partial charge in [-0.25, -0.2) is 0 Å². The molecule has 1 heterocycles. The second-order valence-electron chi connectivity index (χ2n) is 7.98. The molecule has 1 aliphatic rings. The van der Waals surface area contributed by atoms with Gasteiger partial charge in [0.25, 0.3) is 5.91 Å². The molecule has 28 heavy (non-hydrogen) atoms. The minimum absolute atomic E-state index is 0.168. The largest absolute Gasteiger partial charge is 0.339 e. The van der Waals surface area contributed by atoms with E-state index in [1.54, 1.807) is 0 Å². The number of fused-ring (bicyclic) bond motifs is 1. The Hall–Kier alpha value is -2.65. The van der Waals surface area contributed by atoms with E-state index in [2.05, 4.69) is 54.4 Å². The quantitative estimate of drug-likeness (QED) is 0.641. The van der Waals surface area contributed by atoms with Crippen LogP contribution in [0.5, 0.6) is 0 Å². The summed E-state index contributed by atoms with van der Waals surface area (Å²) in [7, 11) is 2.19. The highest BCUT2D eigenvalue weighted by Gasteiger charge is 2.24. The van der Waals surface area contributed by atoms with Crippen LogP contribution < -0.4 is 0 Å². The molecule has 0 N–H and O–H groups in total. The minimum atomic E-state index is 0.168. The van der Waals surface area contributed by atoms with Crippen molar-refractivity contribution < 1.29 is 4.79 Å². The highest BCUT2D eigenvalue weighted by atomic mass is 16.2. The monoisotopic (exact) mass is 372 g/mol. The molecule has 0 spiro atoms. The predicted octanol–water partition coefficient (Wildman–Crippen LogP) is 4.82. The number of piperidine rings is 1. The van der Waals surface area contributed by atoms with Gasteiger partial charge in [-0.1, -0.05) is 60.7 Å². The molecule has 1 saturated heterocycles. The zero-order chi connectivity index (χ0) is 19.3. The van der Waals surface area contributed by atoms with Crippen LogP contribution in [0.1, 0.15) is 28.8 Å². The molecule has 0 radical (unpaired) electrons. The minimum Gasteiger partial charge on any atom is -0.339 e. The maximum atomic E-state index is 12.9. The standard InChI is InChI=1S/C25H28N2O/c1-26(18-20-7-3-2-4-8-20)19-21-13-15-27(16-14-21)25(28)24-12-11-22-9-5-6-10-23(22)17-24/h2-12,17,21H,13-16,18-19H2,1H3. The zero-order valence-electron chi connectivity index (χ0n) is 16.6. The van der Waals surface area contributed by atoms with Gasteiger partial charge in [-0.15, -0.1) is 0 Å². The van der Waals surface area contributed by atoms with Gasteiger partial charge in [-0.3, -0.25) is 4.79 Å². The predicted molar refractivity (Wildman–Crippen MR) is 115 cm³/mol. The van der Waals surface area contributed by atoms with Crippen molar-refractivity contribution in [1.82, 2.24) is 9.80 Å². The van der Waals surface area contributed by atoms with E-state index < -0.39 is 0 Å². The third kappa shape index (κ3) is 4.42. The van der Waals surface area contributed by atoms with Gasteiger partial charge in [0.05, 0.1) is 0 Å². The summed E-state index contributed by atoms with van der Waals surface area (Å²) in [4.78, 5) is 17.4. The number of nitrogens with zero attached hydrogens (tertiary/aromatic N) is 2. The fraction of sp³-hybridized carbons (Fsp3) is 0.320. The van der Waals surface area contributed by atoms with Crippen LogP contribution in [0.3, 0.4) is 0 Å². The van der Waals surface area contributed by atoms with Crippen molar-refractivity contribution >= 4 is 16.7 Å². The summed E-state index contributed by atoms with van der Waals surface area (Å²) in [5, 5.41) is 2.31. The van der Waals surface area contributed by atoms with Crippen molar-refractivity contribution in [3.8, 4) is 0 Å². The SMILES string of the molecule is CN(Cc1ccccc1)CC1CCN(C(=O)c2ccc3ccccc3c2)CC1. The van der Waals surface area contributed by atoms with Crippen molar-refractivity contribution in [1.29, 1.82) is 0 Å². The van der Waals surface area contributed by atoms with Crippen LogP contribution in [-0.4, -0.2) is 42.4 Å². The first-order valence-electron chi connectivity index (χ1n) is 10.2. The average molecular weight is 373 g/mol. The van der Waals surface area contributed by atoms with Crippen LogP contribution in [0.15, 0.2) is 72.8 Å². The summed E-state index contributed by atoms with van der Waals surface area (Å²) < 4.78 is 0. The van der Waals surface area contributed by atoms with Crippen LogP contribution in [0.2, 0.25) is 0 Å². The first kappa shape index (κ1) is 18.7. The number of carbonyl (C=O) groups is 1. The molecule has 0 aliphatic carbocycles. The molecule has 3 nitrogen and oxygen atoms in total. The molecule has 3 aromatic carbocycles. The molecule has 0 unspecified atom stereocenters. The Labute approximate surface area is 167 Å². The van der Waals surface area contributed by atoms with E-state index in [0.717, 1.165) is 50.0 Å². The lowest BCUT2D eigenvalue weighted by molar-refractivity contribution is 0.0672. The molecule has 1 amide bonds. The van der Waals surface area contributed by atoms with Gasteiger partial charge >= 0.3 is 0 Å². The molecule has 4 rings (SSSR count). The Morgan fingerprint density at radius 2 is 1.61 bits per heavy atom. The van der Waals surface area contributed by atoms with E-state index in [1.165, 1.54) is 10.9 Å². The van der Waals surface area contributed by atoms with Gasteiger partial charge in [0.2, 0.25) is 0 Å². The van der Waals surface area contributed by atoms with E-state index in [4.69, 9.17) is 0 Å². The van der Waals surface area contributed by atoms with Gasteiger partial charge in [0.1, 0.15) is 0 Å². The van der Waals surface area contributed by atoms with Crippen LogP contribution >= 0.6 is 0 Å². The van der Waals surface area contributed by atoms with E-state index in [1.807, 2.05) is 35.2 Å². The fourth-order valence-corrected chi connectivity index (χ4v) is 4.22. The van der Waals surface area contributed by atoms with E-state index >= 15 is 0 Å². The molecule has 3 heteroatoms. The van der Waals surface area contributed by atoms with Crippen LogP contribution in [-0.2, 0) is 6.54 Å². The van der Waals surface area contributed by atoms with Crippen LogP contribution in [0.25, 0.3) is 10.8 Å².